The Kier molecular flexibility index (Phi) is 6.02. The summed E-state index contributed by atoms with van der Waals surface area (Å²) in [6.07, 6.45) is 0.351. The van der Waals surface area contributed by atoms with Crippen molar-refractivity contribution in [2.45, 2.75) is 13.0 Å². The zero-order valence-corrected chi connectivity index (χ0v) is 11.5. The Hall–Kier alpha value is -1.88. The van der Waals surface area contributed by atoms with E-state index in [9.17, 15) is 9.59 Å². The summed E-state index contributed by atoms with van der Waals surface area (Å²) in [5.41, 5.74) is 1.52. The van der Waals surface area contributed by atoms with E-state index in [0.717, 1.165) is 5.56 Å². The molecule has 0 fully saturated rings. The topological polar surface area (TPSA) is 55.8 Å². The molecule has 0 saturated heterocycles. The van der Waals surface area contributed by atoms with E-state index in [1.807, 2.05) is 24.1 Å². The maximum absolute atomic E-state index is 11.4. The first-order chi connectivity index (χ1) is 9.06. The third-order valence-electron chi connectivity index (χ3n) is 2.73. The van der Waals surface area contributed by atoms with Crippen LogP contribution in [0.3, 0.4) is 0 Å². The van der Waals surface area contributed by atoms with Crippen LogP contribution in [0.25, 0.3) is 0 Å². The van der Waals surface area contributed by atoms with Crippen LogP contribution in [0.15, 0.2) is 24.3 Å². The lowest BCUT2D eigenvalue weighted by atomic mass is 10.1. The average molecular weight is 265 g/mol. The van der Waals surface area contributed by atoms with E-state index in [-0.39, 0.29) is 11.9 Å². The van der Waals surface area contributed by atoms with Gasteiger partial charge in [0.15, 0.2) is 0 Å². The van der Waals surface area contributed by atoms with Gasteiger partial charge in [0.05, 0.1) is 26.2 Å². The Labute approximate surface area is 113 Å². The van der Waals surface area contributed by atoms with Crippen LogP contribution in [-0.4, -0.2) is 44.7 Å². The monoisotopic (exact) mass is 265 g/mol. The minimum absolute atomic E-state index is 0.227. The molecule has 0 unspecified atom stereocenters. The third kappa shape index (κ3) is 5.09. The SMILES string of the molecule is COC(=O)CCN(C)Cc1cccc(C(=O)OC)c1. The first-order valence-corrected chi connectivity index (χ1v) is 5.99. The fraction of sp³-hybridized carbons (Fsp3) is 0.429. The number of hydrogen-bond acceptors (Lipinski definition) is 5. The van der Waals surface area contributed by atoms with Gasteiger partial charge < -0.3 is 14.4 Å². The van der Waals surface area contributed by atoms with Crippen molar-refractivity contribution in [3.63, 3.8) is 0 Å². The molecular formula is C14H19NO4. The molecule has 0 N–H and O–H groups in total. The molecule has 1 aromatic rings. The predicted molar refractivity (Wildman–Crippen MR) is 70.7 cm³/mol. The summed E-state index contributed by atoms with van der Waals surface area (Å²) in [6, 6.07) is 7.25. The van der Waals surface area contributed by atoms with E-state index >= 15 is 0 Å². The molecule has 0 atom stereocenters. The van der Waals surface area contributed by atoms with Gasteiger partial charge >= 0.3 is 11.9 Å². The van der Waals surface area contributed by atoms with Crippen LogP contribution in [-0.2, 0) is 20.8 Å². The molecule has 1 aromatic carbocycles. The summed E-state index contributed by atoms with van der Waals surface area (Å²) in [4.78, 5) is 24.4. The second-order valence-corrected chi connectivity index (χ2v) is 4.26. The normalized spacial score (nSPS) is 10.3. The van der Waals surface area contributed by atoms with Gasteiger partial charge in [-0.1, -0.05) is 12.1 Å². The molecule has 5 nitrogen and oxygen atoms in total. The number of rotatable bonds is 6. The van der Waals surface area contributed by atoms with Crippen LogP contribution in [0.4, 0.5) is 0 Å². The molecule has 0 bridgehead atoms. The second-order valence-electron chi connectivity index (χ2n) is 4.26. The molecule has 104 valence electrons. The van der Waals surface area contributed by atoms with Gasteiger partial charge in [-0.05, 0) is 24.7 Å². The number of carbonyl (C=O) groups excluding carboxylic acids is 2. The summed E-state index contributed by atoms with van der Waals surface area (Å²) >= 11 is 0. The van der Waals surface area contributed by atoms with Crippen molar-refractivity contribution in [1.82, 2.24) is 4.90 Å². The number of hydrogen-bond donors (Lipinski definition) is 0. The van der Waals surface area contributed by atoms with Crippen molar-refractivity contribution in [1.29, 1.82) is 0 Å². The highest BCUT2D eigenvalue weighted by molar-refractivity contribution is 5.89. The molecule has 0 radical (unpaired) electrons. The van der Waals surface area contributed by atoms with Crippen LogP contribution < -0.4 is 0 Å². The number of ether oxygens (including phenoxy) is 2. The second kappa shape index (κ2) is 7.53. The lowest BCUT2D eigenvalue weighted by molar-refractivity contribution is -0.140. The predicted octanol–water partition coefficient (Wildman–Crippen LogP) is 1.47. The largest absolute Gasteiger partial charge is 0.469 e. The standard InChI is InChI=1S/C14H19NO4/c1-15(8-7-13(16)18-2)10-11-5-4-6-12(9-11)14(17)19-3/h4-6,9H,7-8,10H2,1-3H3. The highest BCUT2D eigenvalue weighted by Crippen LogP contribution is 2.09. The Bertz CT molecular complexity index is 445. The van der Waals surface area contributed by atoms with Crippen LogP contribution in [0.1, 0.15) is 22.3 Å². The lowest BCUT2D eigenvalue weighted by Gasteiger charge is -2.16. The summed E-state index contributed by atoms with van der Waals surface area (Å²) < 4.78 is 9.27. The minimum Gasteiger partial charge on any atom is -0.469 e. The van der Waals surface area contributed by atoms with Crippen LogP contribution in [0, 0.1) is 0 Å². The molecule has 0 aliphatic rings. The summed E-state index contributed by atoms with van der Waals surface area (Å²) in [5.74, 6) is -0.575. The van der Waals surface area contributed by atoms with Crippen molar-refractivity contribution < 1.29 is 19.1 Å². The van der Waals surface area contributed by atoms with Gasteiger partial charge in [-0.25, -0.2) is 4.79 Å². The van der Waals surface area contributed by atoms with Gasteiger partial charge in [-0.2, -0.15) is 0 Å². The molecule has 19 heavy (non-hydrogen) atoms. The first-order valence-electron chi connectivity index (χ1n) is 5.99. The fourth-order valence-electron chi connectivity index (χ4n) is 1.69. The molecule has 0 heterocycles. The van der Waals surface area contributed by atoms with Gasteiger partial charge in [0.1, 0.15) is 0 Å². The Morgan fingerprint density at radius 1 is 1.21 bits per heavy atom. The van der Waals surface area contributed by atoms with Crippen molar-refractivity contribution in [2.75, 3.05) is 27.8 Å². The van der Waals surface area contributed by atoms with E-state index in [4.69, 9.17) is 0 Å². The lowest BCUT2D eigenvalue weighted by Crippen LogP contribution is -2.22. The van der Waals surface area contributed by atoms with E-state index < -0.39 is 0 Å². The summed E-state index contributed by atoms with van der Waals surface area (Å²) in [6.45, 7) is 1.26. The zero-order valence-electron chi connectivity index (χ0n) is 11.5. The van der Waals surface area contributed by atoms with Gasteiger partial charge in [0.2, 0.25) is 0 Å². The van der Waals surface area contributed by atoms with Gasteiger partial charge in [0, 0.05) is 13.1 Å². The molecule has 0 spiro atoms. The number of nitrogens with zero attached hydrogens (tertiary/aromatic N) is 1. The molecule has 1 rings (SSSR count). The molecule has 5 heteroatoms. The highest BCUT2D eigenvalue weighted by Gasteiger charge is 2.08. The highest BCUT2D eigenvalue weighted by atomic mass is 16.5. The maximum Gasteiger partial charge on any atom is 0.337 e. The number of carbonyl (C=O) groups is 2. The fourth-order valence-corrected chi connectivity index (χ4v) is 1.69. The van der Waals surface area contributed by atoms with Crippen molar-refractivity contribution >= 4 is 11.9 Å². The first kappa shape index (κ1) is 15.2. The van der Waals surface area contributed by atoms with Gasteiger partial charge in [-0.3, -0.25) is 4.79 Å². The molecule has 0 aliphatic heterocycles. The number of methoxy groups -OCH3 is 2. The quantitative estimate of drug-likeness (QED) is 0.729. The van der Waals surface area contributed by atoms with Crippen molar-refractivity contribution in [3.8, 4) is 0 Å². The smallest absolute Gasteiger partial charge is 0.337 e. The third-order valence-corrected chi connectivity index (χ3v) is 2.73. The van der Waals surface area contributed by atoms with Gasteiger partial charge in [0.25, 0.3) is 0 Å². The molecule has 0 amide bonds. The van der Waals surface area contributed by atoms with E-state index in [0.29, 0.717) is 25.1 Å². The Morgan fingerprint density at radius 2 is 1.95 bits per heavy atom. The number of esters is 2. The van der Waals surface area contributed by atoms with Crippen molar-refractivity contribution in [3.05, 3.63) is 35.4 Å². The van der Waals surface area contributed by atoms with Gasteiger partial charge in [-0.15, -0.1) is 0 Å². The average Bonchev–Trinajstić information content (AvgIpc) is 2.44. The molecule has 0 saturated carbocycles. The zero-order chi connectivity index (χ0) is 14.3. The van der Waals surface area contributed by atoms with E-state index in [1.165, 1.54) is 14.2 Å². The Balaban J connectivity index is 2.56. The minimum atomic E-state index is -0.348. The summed E-state index contributed by atoms with van der Waals surface area (Å²) in [5, 5.41) is 0. The van der Waals surface area contributed by atoms with Crippen LogP contribution in [0.2, 0.25) is 0 Å². The Morgan fingerprint density at radius 3 is 2.58 bits per heavy atom. The maximum atomic E-state index is 11.4. The van der Waals surface area contributed by atoms with Crippen LogP contribution in [0.5, 0.6) is 0 Å². The molecular weight excluding hydrogens is 246 g/mol. The summed E-state index contributed by atoms with van der Waals surface area (Å²) in [7, 11) is 4.65. The van der Waals surface area contributed by atoms with Crippen molar-refractivity contribution in [2.24, 2.45) is 0 Å². The van der Waals surface area contributed by atoms with E-state index in [2.05, 4.69) is 9.47 Å². The molecule has 0 aliphatic carbocycles. The number of benzene rings is 1. The molecule has 0 aromatic heterocycles. The van der Waals surface area contributed by atoms with Crippen LogP contribution >= 0.6 is 0 Å². The van der Waals surface area contributed by atoms with E-state index in [1.54, 1.807) is 12.1 Å².